The molecule has 2 nitrogen and oxygen atoms in total. The lowest BCUT2D eigenvalue weighted by atomic mass is 9.89. The average molecular weight is 459 g/mol. The average Bonchev–Trinajstić information content (AvgIpc) is 3.24. The molecule has 0 spiro atoms. The molecule has 1 N–H and O–H groups in total. The van der Waals surface area contributed by atoms with Gasteiger partial charge in [0.2, 0.25) is 0 Å². The fourth-order valence-electron chi connectivity index (χ4n) is 5.17. The van der Waals surface area contributed by atoms with Gasteiger partial charge in [-0.2, -0.15) is 0 Å². The Kier molecular flexibility index (Phi) is 6.32. The van der Waals surface area contributed by atoms with E-state index in [1.54, 1.807) is 0 Å². The molecule has 0 aliphatic carbocycles. The van der Waals surface area contributed by atoms with E-state index in [2.05, 4.69) is 130 Å². The highest BCUT2D eigenvalue weighted by atomic mass is 15.1. The molecular formula is C33H34N2. The van der Waals surface area contributed by atoms with Crippen molar-refractivity contribution in [3.05, 3.63) is 107 Å². The molecule has 176 valence electrons. The molecule has 2 heteroatoms. The smallest absolute Gasteiger partial charge is 0.0548 e. The number of aromatic amines is 1. The summed E-state index contributed by atoms with van der Waals surface area (Å²) in [4.78, 5) is 6.24. The predicted molar refractivity (Wildman–Crippen MR) is 151 cm³/mol. The number of aryl methyl sites for hydroxylation is 3. The zero-order valence-corrected chi connectivity index (χ0v) is 21.4. The van der Waals surface area contributed by atoms with Crippen LogP contribution in [0.5, 0.6) is 0 Å². The van der Waals surface area contributed by atoms with E-state index in [1.807, 2.05) is 0 Å². The second-order valence-corrected chi connectivity index (χ2v) is 9.72. The number of H-pyrrole nitrogens is 1. The van der Waals surface area contributed by atoms with Gasteiger partial charge in [-0.05, 0) is 73.8 Å². The van der Waals surface area contributed by atoms with Gasteiger partial charge in [-0.3, -0.25) is 0 Å². The summed E-state index contributed by atoms with van der Waals surface area (Å²) in [6, 6.07) is 31.0. The van der Waals surface area contributed by atoms with Crippen molar-refractivity contribution in [3.63, 3.8) is 0 Å². The first-order valence-corrected chi connectivity index (χ1v) is 12.5. The second-order valence-electron chi connectivity index (χ2n) is 9.72. The fourth-order valence-corrected chi connectivity index (χ4v) is 5.17. The Balaban J connectivity index is 1.88. The van der Waals surface area contributed by atoms with Gasteiger partial charge in [-0.1, -0.05) is 91.3 Å². The van der Waals surface area contributed by atoms with Crippen molar-refractivity contribution in [2.75, 3.05) is 13.6 Å². The first-order valence-electron chi connectivity index (χ1n) is 12.5. The molecule has 1 aromatic heterocycles. The van der Waals surface area contributed by atoms with Crippen LogP contribution in [-0.4, -0.2) is 23.5 Å². The molecule has 1 heterocycles. The summed E-state index contributed by atoms with van der Waals surface area (Å²) in [5.74, 6) is 0. The standard InChI is InChI=1S/C33H34N2/c1-6-35(5)21-25-20-22(2)18-19-28(25)33-32(27-15-10-8-13-24(27)4)31-29(16-11-17-30(31)34-33)26-14-9-7-12-23(26)3/h7-20,34H,6,21H2,1-5H3. The van der Waals surface area contributed by atoms with Crippen molar-refractivity contribution in [2.45, 2.75) is 34.2 Å². The van der Waals surface area contributed by atoms with Crippen LogP contribution in [0.25, 0.3) is 44.4 Å². The number of aromatic nitrogens is 1. The van der Waals surface area contributed by atoms with E-state index >= 15 is 0 Å². The molecule has 0 saturated carbocycles. The minimum atomic E-state index is 0.917. The quantitative estimate of drug-likeness (QED) is 0.270. The van der Waals surface area contributed by atoms with Crippen LogP contribution in [0.1, 0.15) is 29.2 Å². The van der Waals surface area contributed by atoms with Crippen molar-refractivity contribution in [2.24, 2.45) is 0 Å². The summed E-state index contributed by atoms with van der Waals surface area (Å²) in [7, 11) is 2.19. The van der Waals surface area contributed by atoms with Gasteiger partial charge in [-0.15, -0.1) is 0 Å². The Labute approximate surface area is 209 Å². The Morgan fingerprint density at radius 2 is 1.34 bits per heavy atom. The van der Waals surface area contributed by atoms with Crippen molar-refractivity contribution >= 4 is 10.9 Å². The van der Waals surface area contributed by atoms with Crippen LogP contribution in [0.3, 0.4) is 0 Å². The molecular weight excluding hydrogens is 424 g/mol. The number of rotatable bonds is 6. The van der Waals surface area contributed by atoms with Gasteiger partial charge in [0, 0.05) is 28.6 Å². The summed E-state index contributed by atoms with van der Waals surface area (Å²) in [6.45, 7) is 10.8. The summed E-state index contributed by atoms with van der Waals surface area (Å²) in [6.07, 6.45) is 0. The first-order chi connectivity index (χ1) is 17.0. The zero-order chi connectivity index (χ0) is 24.5. The molecule has 0 aliphatic rings. The summed E-state index contributed by atoms with van der Waals surface area (Å²) < 4.78 is 0. The number of nitrogens with one attached hydrogen (secondary N) is 1. The Bertz CT molecular complexity index is 1510. The van der Waals surface area contributed by atoms with E-state index < -0.39 is 0 Å². The van der Waals surface area contributed by atoms with Gasteiger partial charge >= 0.3 is 0 Å². The first kappa shape index (κ1) is 23.1. The third kappa shape index (κ3) is 4.31. The molecule has 4 aromatic carbocycles. The molecule has 0 amide bonds. The van der Waals surface area contributed by atoms with Crippen LogP contribution in [0.15, 0.2) is 84.9 Å². The van der Waals surface area contributed by atoms with Crippen LogP contribution >= 0.6 is 0 Å². The second kappa shape index (κ2) is 9.56. The van der Waals surface area contributed by atoms with Crippen molar-refractivity contribution in [3.8, 4) is 33.5 Å². The highest BCUT2D eigenvalue weighted by Gasteiger charge is 2.22. The van der Waals surface area contributed by atoms with Gasteiger partial charge in [0.25, 0.3) is 0 Å². The fraction of sp³-hybridized carbons (Fsp3) is 0.212. The Morgan fingerprint density at radius 1 is 0.686 bits per heavy atom. The summed E-state index contributed by atoms with van der Waals surface area (Å²) in [5.41, 5.74) is 14.0. The van der Waals surface area contributed by atoms with Gasteiger partial charge in [0.15, 0.2) is 0 Å². The summed E-state index contributed by atoms with van der Waals surface area (Å²) >= 11 is 0. The van der Waals surface area contributed by atoms with Crippen molar-refractivity contribution < 1.29 is 0 Å². The zero-order valence-electron chi connectivity index (χ0n) is 21.4. The number of nitrogens with zero attached hydrogens (tertiary/aromatic N) is 1. The minimum absolute atomic E-state index is 0.917. The largest absolute Gasteiger partial charge is 0.354 e. The third-order valence-electron chi connectivity index (χ3n) is 7.18. The van der Waals surface area contributed by atoms with Crippen molar-refractivity contribution in [1.29, 1.82) is 0 Å². The van der Waals surface area contributed by atoms with E-state index in [4.69, 9.17) is 0 Å². The maximum absolute atomic E-state index is 3.87. The number of hydrogen-bond donors (Lipinski definition) is 1. The van der Waals surface area contributed by atoms with E-state index in [9.17, 15) is 0 Å². The van der Waals surface area contributed by atoms with Crippen LogP contribution < -0.4 is 0 Å². The number of benzene rings is 4. The van der Waals surface area contributed by atoms with Crippen LogP contribution in [0.4, 0.5) is 0 Å². The Hall–Kier alpha value is -3.62. The van der Waals surface area contributed by atoms with Crippen LogP contribution in [-0.2, 0) is 6.54 Å². The van der Waals surface area contributed by atoms with Crippen LogP contribution in [0, 0.1) is 20.8 Å². The lowest BCUT2D eigenvalue weighted by Crippen LogP contribution is -2.17. The molecule has 0 aliphatic heterocycles. The molecule has 35 heavy (non-hydrogen) atoms. The van der Waals surface area contributed by atoms with Crippen LogP contribution in [0.2, 0.25) is 0 Å². The summed E-state index contributed by atoms with van der Waals surface area (Å²) in [5, 5.41) is 1.29. The van der Waals surface area contributed by atoms with Gasteiger partial charge in [-0.25, -0.2) is 0 Å². The molecule has 0 bridgehead atoms. The molecule has 0 unspecified atom stereocenters. The third-order valence-corrected chi connectivity index (χ3v) is 7.18. The predicted octanol–water partition coefficient (Wildman–Crippen LogP) is 8.55. The number of fused-ring (bicyclic) bond motifs is 1. The monoisotopic (exact) mass is 458 g/mol. The molecule has 0 radical (unpaired) electrons. The maximum Gasteiger partial charge on any atom is 0.0548 e. The highest BCUT2D eigenvalue weighted by molar-refractivity contribution is 6.11. The lowest BCUT2D eigenvalue weighted by molar-refractivity contribution is 0.346. The van der Waals surface area contributed by atoms with Gasteiger partial charge in [0.05, 0.1) is 5.69 Å². The Morgan fingerprint density at radius 3 is 2.03 bits per heavy atom. The van der Waals surface area contributed by atoms with E-state index in [0.717, 1.165) is 13.1 Å². The molecule has 0 atom stereocenters. The van der Waals surface area contributed by atoms with Gasteiger partial charge < -0.3 is 9.88 Å². The van der Waals surface area contributed by atoms with E-state index in [0.29, 0.717) is 0 Å². The van der Waals surface area contributed by atoms with E-state index in [-0.39, 0.29) is 0 Å². The molecule has 0 saturated heterocycles. The molecule has 0 fully saturated rings. The highest BCUT2D eigenvalue weighted by Crippen LogP contribution is 2.45. The topological polar surface area (TPSA) is 19.0 Å². The maximum atomic E-state index is 3.87. The SMILES string of the molecule is CCN(C)Cc1cc(C)ccc1-c1[nH]c2cccc(-c3ccccc3C)c2c1-c1ccccc1C. The number of hydrogen-bond acceptors (Lipinski definition) is 1. The normalized spacial score (nSPS) is 11.5. The lowest BCUT2D eigenvalue weighted by Gasteiger charge is -2.19. The van der Waals surface area contributed by atoms with Crippen molar-refractivity contribution in [1.82, 2.24) is 9.88 Å². The van der Waals surface area contributed by atoms with E-state index in [1.165, 1.54) is 66.7 Å². The molecule has 5 rings (SSSR count). The minimum Gasteiger partial charge on any atom is -0.354 e. The van der Waals surface area contributed by atoms with Gasteiger partial charge in [0.1, 0.15) is 0 Å². The molecule has 5 aromatic rings.